The van der Waals surface area contributed by atoms with Gasteiger partial charge in [-0.05, 0) is 37.1 Å². The molecule has 0 aliphatic carbocycles. The van der Waals surface area contributed by atoms with Gasteiger partial charge in [0, 0.05) is 23.5 Å². The molecule has 1 amide bonds. The highest BCUT2D eigenvalue weighted by Crippen LogP contribution is 2.15. The zero-order valence-corrected chi connectivity index (χ0v) is 16.1. The number of aromatic amines is 1. The number of hydrogen-bond acceptors (Lipinski definition) is 3. The fourth-order valence-electron chi connectivity index (χ4n) is 2.85. The van der Waals surface area contributed by atoms with E-state index in [-0.39, 0.29) is 17.7 Å². The zero-order valence-electron chi connectivity index (χ0n) is 15.3. The number of H-pyrrole nitrogens is 1. The second kappa shape index (κ2) is 7.94. The van der Waals surface area contributed by atoms with Crippen LogP contribution >= 0.6 is 0 Å². The second-order valence-corrected chi connectivity index (χ2v) is 8.55. The minimum atomic E-state index is -3.35. The quantitative estimate of drug-likeness (QED) is 0.584. The van der Waals surface area contributed by atoms with Gasteiger partial charge in [-0.1, -0.05) is 42.5 Å². The predicted molar refractivity (Wildman–Crippen MR) is 107 cm³/mol. The number of benzene rings is 2. The minimum absolute atomic E-state index is 0.0626. The Labute approximate surface area is 159 Å². The Bertz CT molecular complexity index is 1000. The molecule has 0 spiro atoms. The van der Waals surface area contributed by atoms with Crippen molar-refractivity contribution in [1.82, 2.24) is 15.0 Å². The molecule has 142 valence electrons. The Hall–Kier alpha value is -2.64. The van der Waals surface area contributed by atoms with Crippen LogP contribution in [-0.4, -0.2) is 25.4 Å². The van der Waals surface area contributed by atoms with Crippen molar-refractivity contribution in [2.45, 2.75) is 32.2 Å². The lowest BCUT2D eigenvalue weighted by Crippen LogP contribution is -2.31. The van der Waals surface area contributed by atoms with E-state index in [1.54, 1.807) is 26.0 Å². The number of nitrogens with one attached hydrogen (secondary N) is 3. The van der Waals surface area contributed by atoms with E-state index in [9.17, 15) is 13.2 Å². The lowest BCUT2D eigenvalue weighted by Gasteiger charge is -2.10. The number of hydrogen-bond donors (Lipinski definition) is 3. The van der Waals surface area contributed by atoms with E-state index in [1.165, 1.54) is 0 Å². The smallest absolute Gasteiger partial charge is 0.267 e. The number of rotatable bonds is 7. The molecule has 0 unspecified atom stereocenters. The van der Waals surface area contributed by atoms with E-state index >= 15 is 0 Å². The number of carbonyl (C=O) groups is 1. The van der Waals surface area contributed by atoms with Crippen molar-refractivity contribution in [2.24, 2.45) is 0 Å². The molecule has 1 aromatic heterocycles. The summed E-state index contributed by atoms with van der Waals surface area (Å²) in [6, 6.07) is 16.6. The molecule has 7 heteroatoms. The number of amides is 1. The Kier molecular flexibility index (Phi) is 5.62. The Morgan fingerprint density at radius 2 is 1.70 bits per heavy atom. The molecule has 0 saturated heterocycles. The molecular weight excluding hydrogens is 362 g/mol. The van der Waals surface area contributed by atoms with Crippen LogP contribution in [0.15, 0.2) is 54.6 Å². The van der Waals surface area contributed by atoms with Crippen LogP contribution in [0, 0.1) is 0 Å². The third kappa shape index (κ3) is 5.18. The second-order valence-electron chi connectivity index (χ2n) is 6.80. The first-order valence-electron chi connectivity index (χ1n) is 8.76. The van der Waals surface area contributed by atoms with Gasteiger partial charge < -0.3 is 10.3 Å². The predicted octanol–water partition coefficient (Wildman–Crippen LogP) is 2.93. The first-order valence-corrected chi connectivity index (χ1v) is 10.4. The molecule has 2 aromatic carbocycles. The summed E-state index contributed by atoms with van der Waals surface area (Å²) in [6.07, 6.45) is 0. The highest BCUT2D eigenvalue weighted by atomic mass is 32.2. The monoisotopic (exact) mass is 385 g/mol. The fourth-order valence-corrected chi connectivity index (χ4v) is 4.28. The molecule has 0 bridgehead atoms. The first-order chi connectivity index (χ1) is 12.8. The summed E-state index contributed by atoms with van der Waals surface area (Å²) >= 11 is 0. The molecule has 3 aromatic rings. The van der Waals surface area contributed by atoms with Gasteiger partial charge in [-0.15, -0.1) is 0 Å². The molecule has 3 N–H and O–H groups in total. The van der Waals surface area contributed by atoms with E-state index in [0.717, 1.165) is 16.5 Å². The maximum atomic E-state index is 12.3. The highest BCUT2D eigenvalue weighted by Gasteiger charge is 2.13. The van der Waals surface area contributed by atoms with Gasteiger partial charge in [0.25, 0.3) is 5.91 Å². The van der Waals surface area contributed by atoms with Gasteiger partial charge in [0.05, 0.1) is 5.75 Å². The summed E-state index contributed by atoms with van der Waals surface area (Å²) in [5.74, 6) is -0.244. The maximum absolute atomic E-state index is 12.3. The standard InChI is InChI=1S/C20H23N3O3S/c1-14(2)23-27(25,26)13-16-9-7-15(8-10-16)12-21-20(24)19-11-17-5-3-4-6-18(17)22-19/h3-11,14,22-23H,12-13H2,1-2H3,(H,21,24). The van der Waals surface area contributed by atoms with E-state index in [1.807, 2.05) is 42.5 Å². The SMILES string of the molecule is CC(C)NS(=O)(=O)Cc1ccc(CNC(=O)c2cc3ccccc3[nH]2)cc1. The molecule has 0 aliphatic rings. The van der Waals surface area contributed by atoms with Crippen molar-refractivity contribution >= 4 is 26.8 Å². The van der Waals surface area contributed by atoms with E-state index < -0.39 is 10.0 Å². The van der Waals surface area contributed by atoms with Crippen LogP contribution < -0.4 is 10.0 Å². The number of aromatic nitrogens is 1. The average molecular weight is 385 g/mol. The summed E-state index contributed by atoms with van der Waals surface area (Å²) in [4.78, 5) is 15.4. The van der Waals surface area contributed by atoms with Crippen LogP contribution in [0.3, 0.4) is 0 Å². The van der Waals surface area contributed by atoms with E-state index in [2.05, 4.69) is 15.0 Å². The largest absolute Gasteiger partial charge is 0.351 e. The Morgan fingerprint density at radius 1 is 1.04 bits per heavy atom. The van der Waals surface area contributed by atoms with Gasteiger partial charge in [-0.25, -0.2) is 13.1 Å². The van der Waals surface area contributed by atoms with Gasteiger partial charge >= 0.3 is 0 Å². The van der Waals surface area contributed by atoms with Crippen LogP contribution in [0.1, 0.15) is 35.5 Å². The van der Waals surface area contributed by atoms with Crippen molar-refractivity contribution in [3.05, 3.63) is 71.4 Å². The Morgan fingerprint density at radius 3 is 2.37 bits per heavy atom. The fraction of sp³-hybridized carbons (Fsp3) is 0.250. The molecule has 6 nitrogen and oxygen atoms in total. The van der Waals surface area contributed by atoms with Crippen LogP contribution in [0.2, 0.25) is 0 Å². The number of para-hydroxylation sites is 1. The topological polar surface area (TPSA) is 91.1 Å². The van der Waals surface area contributed by atoms with Gasteiger partial charge in [0.1, 0.15) is 5.69 Å². The third-order valence-electron chi connectivity index (χ3n) is 4.02. The molecule has 27 heavy (non-hydrogen) atoms. The summed E-state index contributed by atoms with van der Waals surface area (Å²) < 4.78 is 26.5. The Balaban J connectivity index is 1.59. The zero-order chi connectivity index (χ0) is 19.4. The van der Waals surface area contributed by atoms with Gasteiger partial charge in [-0.3, -0.25) is 4.79 Å². The summed E-state index contributed by atoms with van der Waals surface area (Å²) in [5, 5.41) is 3.86. The van der Waals surface area contributed by atoms with Crippen molar-refractivity contribution in [3.8, 4) is 0 Å². The summed E-state index contributed by atoms with van der Waals surface area (Å²) in [5.41, 5.74) is 3.04. The van der Waals surface area contributed by atoms with Crippen LogP contribution in [0.5, 0.6) is 0 Å². The lowest BCUT2D eigenvalue weighted by molar-refractivity contribution is 0.0946. The molecular formula is C20H23N3O3S. The molecule has 0 atom stereocenters. The number of fused-ring (bicyclic) bond motifs is 1. The molecule has 3 rings (SSSR count). The van der Waals surface area contributed by atoms with Gasteiger partial charge in [0.15, 0.2) is 0 Å². The summed E-state index contributed by atoms with van der Waals surface area (Å²) in [7, 11) is -3.35. The molecule has 0 aliphatic heterocycles. The normalized spacial score (nSPS) is 11.8. The van der Waals surface area contributed by atoms with Crippen molar-refractivity contribution in [2.75, 3.05) is 0 Å². The van der Waals surface area contributed by atoms with Crippen LogP contribution in [-0.2, 0) is 22.3 Å². The first kappa shape index (κ1) is 19.1. The minimum Gasteiger partial charge on any atom is -0.351 e. The molecule has 0 saturated carbocycles. The lowest BCUT2D eigenvalue weighted by atomic mass is 10.1. The highest BCUT2D eigenvalue weighted by molar-refractivity contribution is 7.88. The van der Waals surface area contributed by atoms with E-state index in [0.29, 0.717) is 17.8 Å². The van der Waals surface area contributed by atoms with Gasteiger partial charge in [0.2, 0.25) is 10.0 Å². The van der Waals surface area contributed by atoms with Crippen LogP contribution in [0.4, 0.5) is 0 Å². The molecule has 1 heterocycles. The van der Waals surface area contributed by atoms with Crippen molar-refractivity contribution in [1.29, 1.82) is 0 Å². The van der Waals surface area contributed by atoms with Gasteiger partial charge in [-0.2, -0.15) is 0 Å². The number of sulfonamides is 1. The van der Waals surface area contributed by atoms with E-state index in [4.69, 9.17) is 0 Å². The molecule has 0 fully saturated rings. The summed E-state index contributed by atoms with van der Waals surface area (Å²) in [6.45, 7) is 3.94. The molecule has 0 radical (unpaired) electrons. The van der Waals surface area contributed by atoms with Crippen molar-refractivity contribution in [3.63, 3.8) is 0 Å². The average Bonchev–Trinajstić information content (AvgIpc) is 3.03. The van der Waals surface area contributed by atoms with Crippen molar-refractivity contribution < 1.29 is 13.2 Å². The maximum Gasteiger partial charge on any atom is 0.267 e. The number of carbonyl (C=O) groups excluding carboxylic acids is 1. The van der Waals surface area contributed by atoms with Crippen LogP contribution in [0.25, 0.3) is 10.9 Å². The third-order valence-corrected chi connectivity index (χ3v) is 5.57.